The second-order valence-corrected chi connectivity index (χ2v) is 5.74. The molecule has 152 valence electrons. The zero-order chi connectivity index (χ0) is 21.6. The molecule has 0 bridgehead atoms. The van der Waals surface area contributed by atoms with Crippen LogP contribution in [0, 0.1) is 27.2 Å². The fourth-order valence-corrected chi connectivity index (χ4v) is 2.39. The normalized spacial score (nSPS) is 10.1. The van der Waals surface area contributed by atoms with Gasteiger partial charge in [0.2, 0.25) is 0 Å². The zero-order valence-electron chi connectivity index (χ0n) is 15.5. The number of nitro groups is 2. The van der Waals surface area contributed by atoms with Gasteiger partial charge in [-0.3, -0.25) is 25.0 Å². The van der Waals surface area contributed by atoms with E-state index in [2.05, 4.69) is 5.32 Å². The van der Waals surface area contributed by atoms with Crippen molar-refractivity contribution in [3.63, 3.8) is 0 Å². The zero-order valence-corrected chi connectivity index (χ0v) is 15.5. The summed E-state index contributed by atoms with van der Waals surface area (Å²) in [6, 6.07) is 8.23. The van der Waals surface area contributed by atoms with E-state index >= 15 is 0 Å². The Morgan fingerprint density at radius 2 is 1.59 bits per heavy atom. The summed E-state index contributed by atoms with van der Waals surface area (Å²) in [5.41, 5.74) is -1.33. The highest BCUT2D eigenvalue weighted by Crippen LogP contribution is 2.29. The number of nitrogens with one attached hydrogen (secondary N) is 1. The Balaban J connectivity index is 2.05. The molecule has 0 aromatic heterocycles. The van der Waals surface area contributed by atoms with Crippen molar-refractivity contribution in [3.8, 4) is 5.75 Å². The number of anilines is 1. The maximum atomic E-state index is 12.1. The van der Waals surface area contributed by atoms with Crippen molar-refractivity contribution in [1.82, 2.24) is 0 Å². The third-order valence-electron chi connectivity index (χ3n) is 3.77. The van der Waals surface area contributed by atoms with Crippen molar-refractivity contribution in [1.29, 1.82) is 0 Å². The largest absolute Gasteiger partial charge is 0.494 e. The molecule has 11 nitrogen and oxygen atoms in total. The highest BCUT2D eigenvalue weighted by molar-refractivity contribution is 5.96. The van der Waals surface area contributed by atoms with E-state index in [1.165, 1.54) is 6.92 Å². The predicted octanol–water partition coefficient (Wildman–Crippen LogP) is 3.01. The van der Waals surface area contributed by atoms with Crippen molar-refractivity contribution in [2.24, 2.45) is 0 Å². The lowest BCUT2D eigenvalue weighted by atomic mass is 10.1. The SMILES string of the molecule is CCOc1ccc(NC(=O)COC(=O)c2cc([N+](=O)[O-])c(C)c([N+](=O)[O-])c2)cc1. The molecule has 0 atom stereocenters. The number of rotatable bonds is 8. The van der Waals surface area contributed by atoms with Crippen molar-refractivity contribution in [2.75, 3.05) is 18.5 Å². The van der Waals surface area contributed by atoms with Crippen molar-refractivity contribution in [2.45, 2.75) is 13.8 Å². The van der Waals surface area contributed by atoms with Crippen molar-refractivity contribution in [3.05, 3.63) is 67.8 Å². The molecule has 0 aliphatic carbocycles. The fourth-order valence-electron chi connectivity index (χ4n) is 2.39. The van der Waals surface area contributed by atoms with Gasteiger partial charge in [-0.25, -0.2) is 4.79 Å². The second-order valence-electron chi connectivity index (χ2n) is 5.74. The van der Waals surface area contributed by atoms with Gasteiger partial charge < -0.3 is 14.8 Å². The van der Waals surface area contributed by atoms with Gasteiger partial charge in [-0.2, -0.15) is 0 Å². The quantitative estimate of drug-likeness (QED) is 0.401. The molecule has 0 fully saturated rings. The molecular weight excluding hydrogens is 386 g/mol. The lowest BCUT2D eigenvalue weighted by Crippen LogP contribution is -2.21. The molecule has 11 heteroatoms. The predicted molar refractivity (Wildman–Crippen MR) is 101 cm³/mol. The lowest BCUT2D eigenvalue weighted by molar-refractivity contribution is -0.395. The first kappa shape index (κ1) is 21.3. The topological polar surface area (TPSA) is 151 Å². The Bertz CT molecular complexity index is 921. The van der Waals surface area contributed by atoms with Crippen molar-refractivity contribution < 1.29 is 28.9 Å². The molecule has 29 heavy (non-hydrogen) atoms. The number of hydrogen-bond acceptors (Lipinski definition) is 8. The van der Waals surface area contributed by atoms with Crippen LogP contribution in [-0.2, 0) is 9.53 Å². The summed E-state index contributed by atoms with van der Waals surface area (Å²) in [5.74, 6) is -1.13. The van der Waals surface area contributed by atoms with Crippen LogP contribution >= 0.6 is 0 Å². The summed E-state index contributed by atoms with van der Waals surface area (Å²) in [7, 11) is 0. The monoisotopic (exact) mass is 403 g/mol. The first-order valence-electron chi connectivity index (χ1n) is 8.36. The van der Waals surface area contributed by atoms with E-state index in [0.717, 1.165) is 12.1 Å². The molecule has 2 aromatic carbocycles. The summed E-state index contributed by atoms with van der Waals surface area (Å²) in [6.45, 7) is 2.86. The van der Waals surface area contributed by atoms with E-state index in [1.807, 2.05) is 6.92 Å². The number of amides is 1. The lowest BCUT2D eigenvalue weighted by Gasteiger charge is -2.08. The van der Waals surface area contributed by atoms with Crippen LogP contribution in [0.5, 0.6) is 5.75 Å². The van der Waals surface area contributed by atoms with E-state index in [9.17, 15) is 29.8 Å². The fraction of sp³-hybridized carbons (Fsp3) is 0.222. The highest BCUT2D eigenvalue weighted by Gasteiger charge is 2.26. The highest BCUT2D eigenvalue weighted by atomic mass is 16.6. The number of ether oxygens (including phenoxy) is 2. The summed E-state index contributed by atoms with van der Waals surface area (Å²) in [5, 5.41) is 24.6. The average molecular weight is 403 g/mol. The number of hydrogen-bond donors (Lipinski definition) is 1. The molecule has 0 saturated carbocycles. The van der Waals surface area contributed by atoms with Crippen LogP contribution in [0.25, 0.3) is 0 Å². The van der Waals surface area contributed by atoms with Gasteiger partial charge in [0.25, 0.3) is 17.3 Å². The Hall–Kier alpha value is -4.02. The molecule has 0 radical (unpaired) electrons. The second kappa shape index (κ2) is 9.26. The minimum Gasteiger partial charge on any atom is -0.494 e. The van der Waals surface area contributed by atoms with Gasteiger partial charge in [-0.15, -0.1) is 0 Å². The first-order valence-corrected chi connectivity index (χ1v) is 8.36. The maximum absolute atomic E-state index is 12.1. The van der Waals surface area contributed by atoms with Gasteiger partial charge in [-0.05, 0) is 38.1 Å². The standard InChI is InChI=1S/C18H17N3O8/c1-3-28-14-6-4-13(5-7-14)19-17(22)10-29-18(23)12-8-15(20(24)25)11(2)16(9-12)21(26)27/h4-9H,3,10H2,1-2H3,(H,19,22). The van der Waals surface area contributed by atoms with Crippen LogP contribution in [0.15, 0.2) is 36.4 Å². The smallest absolute Gasteiger partial charge is 0.339 e. The molecule has 0 heterocycles. The average Bonchev–Trinajstić information content (AvgIpc) is 2.67. The number of nitrogens with zero attached hydrogens (tertiary/aromatic N) is 2. The van der Waals surface area contributed by atoms with Gasteiger partial charge >= 0.3 is 5.97 Å². The van der Waals surface area contributed by atoms with Crippen LogP contribution in [0.3, 0.4) is 0 Å². The summed E-state index contributed by atoms with van der Waals surface area (Å²) in [4.78, 5) is 44.5. The first-order chi connectivity index (χ1) is 13.7. The Labute approximate surface area is 164 Å². The van der Waals surface area contributed by atoms with E-state index < -0.39 is 45.3 Å². The molecular formula is C18H17N3O8. The van der Waals surface area contributed by atoms with Gasteiger partial charge in [0.15, 0.2) is 6.61 Å². The van der Waals surface area contributed by atoms with Crippen LogP contribution in [-0.4, -0.2) is 34.9 Å². The van der Waals surface area contributed by atoms with Crippen LogP contribution < -0.4 is 10.1 Å². The third kappa shape index (κ3) is 5.48. The Morgan fingerprint density at radius 1 is 1.03 bits per heavy atom. The molecule has 1 N–H and O–H groups in total. The van der Waals surface area contributed by atoms with Crippen LogP contribution in [0.1, 0.15) is 22.8 Å². The minimum atomic E-state index is -1.10. The van der Waals surface area contributed by atoms with Gasteiger partial charge in [0.1, 0.15) is 11.3 Å². The number of esters is 1. The number of carbonyl (C=O) groups is 2. The third-order valence-corrected chi connectivity index (χ3v) is 3.77. The molecule has 0 aliphatic heterocycles. The van der Waals surface area contributed by atoms with Gasteiger partial charge in [-0.1, -0.05) is 0 Å². The Kier molecular flexibility index (Phi) is 6.80. The van der Waals surface area contributed by atoms with E-state index in [0.29, 0.717) is 18.0 Å². The van der Waals surface area contributed by atoms with Crippen molar-refractivity contribution >= 4 is 28.9 Å². The number of benzene rings is 2. The molecule has 0 unspecified atom stereocenters. The van der Waals surface area contributed by atoms with Crippen LogP contribution in [0.4, 0.5) is 17.1 Å². The van der Waals surface area contributed by atoms with Gasteiger partial charge in [0.05, 0.1) is 22.0 Å². The number of nitro benzene ring substituents is 2. The van der Waals surface area contributed by atoms with E-state index in [1.54, 1.807) is 24.3 Å². The van der Waals surface area contributed by atoms with E-state index in [-0.39, 0.29) is 5.56 Å². The van der Waals surface area contributed by atoms with E-state index in [4.69, 9.17) is 9.47 Å². The summed E-state index contributed by atoms with van der Waals surface area (Å²) >= 11 is 0. The molecule has 0 aliphatic rings. The Morgan fingerprint density at radius 3 is 2.07 bits per heavy atom. The molecule has 2 rings (SSSR count). The van der Waals surface area contributed by atoms with Crippen LogP contribution in [0.2, 0.25) is 0 Å². The summed E-state index contributed by atoms with van der Waals surface area (Å²) in [6.07, 6.45) is 0. The van der Waals surface area contributed by atoms with Gasteiger partial charge in [0, 0.05) is 17.8 Å². The molecule has 1 amide bonds. The maximum Gasteiger partial charge on any atom is 0.339 e. The molecule has 0 spiro atoms. The number of carbonyl (C=O) groups excluding carboxylic acids is 2. The molecule has 0 saturated heterocycles. The minimum absolute atomic E-state index is 0.190. The molecule has 2 aromatic rings. The summed E-state index contributed by atoms with van der Waals surface area (Å²) < 4.78 is 10.1.